The van der Waals surface area contributed by atoms with Crippen molar-refractivity contribution in [3.8, 4) is 0 Å². The van der Waals surface area contributed by atoms with E-state index in [2.05, 4.69) is 6.92 Å². The molecule has 1 atom stereocenters. The minimum Gasteiger partial charge on any atom is -0.373 e. The largest absolute Gasteiger partial charge is 0.373 e. The minimum atomic E-state index is -0.507. The summed E-state index contributed by atoms with van der Waals surface area (Å²) in [6.45, 7) is 4.31. The van der Waals surface area contributed by atoms with Crippen molar-refractivity contribution in [2.45, 2.75) is 39.0 Å². The molecule has 0 spiro atoms. The number of hydrogen-bond acceptors (Lipinski definition) is 3. The molecule has 2 amide bonds. The molecule has 1 aromatic heterocycles. The van der Waals surface area contributed by atoms with Crippen molar-refractivity contribution in [1.82, 2.24) is 9.47 Å². The van der Waals surface area contributed by atoms with E-state index in [1.165, 1.54) is 0 Å². The summed E-state index contributed by atoms with van der Waals surface area (Å²) in [6, 6.07) is 1.88. The fourth-order valence-corrected chi connectivity index (χ4v) is 3.10. The third kappa shape index (κ3) is 2.00. The molecule has 2 aliphatic heterocycles. The first kappa shape index (κ1) is 13.2. The molecule has 6 heteroatoms. The van der Waals surface area contributed by atoms with Crippen LogP contribution >= 0.6 is 0 Å². The van der Waals surface area contributed by atoms with Crippen LogP contribution in [-0.2, 0) is 17.9 Å². The highest BCUT2D eigenvalue weighted by Gasteiger charge is 2.31. The van der Waals surface area contributed by atoms with Gasteiger partial charge >= 0.3 is 0 Å². The summed E-state index contributed by atoms with van der Waals surface area (Å²) in [4.78, 5) is 26.1. The van der Waals surface area contributed by atoms with Crippen molar-refractivity contribution in [3.05, 3.63) is 23.0 Å². The Kier molecular flexibility index (Phi) is 3.25. The molecule has 0 radical (unpaired) electrons. The zero-order chi connectivity index (χ0) is 14.3. The van der Waals surface area contributed by atoms with Gasteiger partial charge in [-0.1, -0.05) is 0 Å². The first-order chi connectivity index (χ1) is 9.59. The fourth-order valence-electron chi connectivity index (χ4n) is 3.10. The fraction of sp³-hybridized carbons (Fsp3) is 0.571. The molecule has 1 unspecified atom stereocenters. The van der Waals surface area contributed by atoms with Crippen LogP contribution in [0.3, 0.4) is 0 Å². The van der Waals surface area contributed by atoms with Gasteiger partial charge in [0.2, 0.25) is 0 Å². The van der Waals surface area contributed by atoms with Crippen LogP contribution in [0.15, 0.2) is 6.07 Å². The zero-order valence-corrected chi connectivity index (χ0v) is 11.6. The predicted octanol–water partition coefficient (Wildman–Crippen LogP) is 0.742. The van der Waals surface area contributed by atoms with Crippen LogP contribution in [0, 0.1) is 0 Å². The van der Waals surface area contributed by atoms with Crippen LogP contribution in [0.1, 0.15) is 46.3 Å². The quantitative estimate of drug-likeness (QED) is 0.866. The van der Waals surface area contributed by atoms with E-state index < -0.39 is 5.91 Å². The molecular formula is C14H19N3O3. The van der Waals surface area contributed by atoms with Gasteiger partial charge in [0, 0.05) is 19.1 Å². The molecule has 0 saturated carbocycles. The smallest absolute Gasteiger partial charge is 0.270 e. The molecule has 0 bridgehead atoms. The second-order valence-electron chi connectivity index (χ2n) is 5.45. The molecular weight excluding hydrogens is 258 g/mol. The topological polar surface area (TPSA) is 77.6 Å². The van der Waals surface area contributed by atoms with E-state index in [4.69, 9.17) is 10.5 Å². The standard InChI is InChI=1S/C14H19N3O3/c1-9-3-2-4-16(9)14(19)11-7-10(13(15)18)12-8-20-6-5-17(11)12/h7,9H,2-6,8H2,1H3,(H2,15,18). The second kappa shape index (κ2) is 4.94. The summed E-state index contributed by atoms with van der Waals surface area (Å²) in [7, 11) is 0. The van der Waals surface area contributed by atoms with Crippen LogP contribution in [0.25, 0.3) is 0 Å². The van der Waals surface area contributed by atoms with E-state index >= 15 is 0 Å². The van der Waals surface area contributed by atoms with E-state index in [1.54, 1.807) is 6.07 Å². The first-order valence-electron chi connectivity index (χ1n) is 7.00. The number of nitrogens with zero attached hydrogens (tertiary/aromatic N) is 2. The van der Waals surface area contributed by atoms with E-state index in [-0.39, 0.29) is 11.9 Å². The zero-order valence-electron chi connectivity index (χ0n) is 11.6. The Bertz CT molecular complexity index is 564. The number of hydrogen-bond donors (Lipinski definition) is 1. The number of ether oxygens (including phenoxy) is 1. The van der Waals surface area contributed by atoms with Crippen LogP contribution in [0.4, 0.5) is 0 Å². The number of carbonyl (C=O) groups excluding carboxylic acids is 2. The maximum absolute atomic E-state index is 12.7. The van der Waals surface area contributed by atoms with Crippen molar-refractivity contribution in [2.75, 3.05) is 13.2 Å². The molecule has 0 aromatic carbocycles. The van der Waals surface area contributed by atoms with Gasteiger partial charge in [-0.15, -0.1) is 0 Å². The summed E-state index contributed by atoms with van der Waals surface area (Å²) in [6.07, 6.45) is 2.07. The van der Waals surface area contributed by atoms with Crippen LogP contribution in [0.2, 0.25) is 0 Å². The van der Waals surface area contributed by atoms with Gasteiger partial charge in [0.15, 0.2) is 0 Å². The Hall–Kier alpha value is -1.82. The minimum absolute atomic E-state index is 0.00866. The van der Waals surface area contributed by atoms with Crippen molar-refractivity contribution < 1.29 is 14.3 Å². The highest BCUT2D eigenvalue weighted by atomic mass is 16.5. The number of primary amides is 1. The summed E-state index contributed by atoms with van der Waals surface area (Å²) in [5, 5.41) is 0. The lowest BCUT2D eigenvalue weighted by atomic mass is 10.2. The Morgan fingerprint density at radius 2 is 2.20 bits per heavy atom. The summed E-state index contributed by atoms with van der Waals surface area (Å²) >= 11 is 0. The van der Waals surface area contributed by atoms with Gasteiger partial charge in [-0.3, -0.25) is 9.59 Å². The summed E-state index contributed by atoms with van der Waals surface area (Å²) in [5.74, 6) is -0.515. The van der Waals surface area contributed by atoms with Gasteiger partial charge in [0.05, 0.1) is 24.5 Å². The number of aromatic nitrogens is 1. The van der Waals surface area contributed by atoms with Crippen molar-refractivity contribution in [2.24, 2.45) is 5.73 Å². The second-order valence-corrected chi connectivity index (χ2v) is 5.45. The number of nitrogens with two attached hydrogens (primary N) is 1. The lowest BCUT2D eigenvalue weighted by Crippen LogP contribution is -2.35. The SMILES string of the molecule is CC1CCCN1C(=O)c1cc(C(N)=O)c2n1CCOC2. The molecule has 3 rings (SSSR count). The highest BCUT2D eigenvalue weighted by molar-refractivity contribution is 6.00. The van der Waals surface area contributed by atoms with Crippen LogP contribution in [0.5, 0.6) is 0 Å². The predicted molar refractivity (Wildman–Crippen MR) is 72.3 cm³/mol. The third-order valence-electron chi connectivity index (χ3n) is 4.20. The number of carbonyl (C=O) groups is 2. The van der Waals surface area contributed by atoms with Crippen molar-refractivity contribution in [3.63, 3.8) is 0 Å². The molecule has 0 aliphatic carbocycles. The lowest BCUT2D eigenvalue weighted by molar-refractivity contribution is 0.0685. The van der Waals surface area contributed by atoms with E-state index in [1.807, 2.05) is 9.47 Å². The maximum Gasteiger partial charge on any atom is 0.270 e. The number of likely N-dealkylation sites (tertiary alicyclic amines) is 1. The Labute approximate surface area is 117 Å². The maximum atomic E-state index is 12.7. The monoisotopic (exact) mass is 277 g/mol. The number of fused-ring (bicyclic) bond motifs is 1. The Balaban J connectivity index is 2.01. The third-order valence-corrected chi connectivity index (χ3v) is 4.20. The van der Waals surface area contributed by atoms with Gasteiger partial charge < -0.3 is 19.9 Å². The Morgan fingerprint density at radius 3 is 2.85 bits per heavy atom. The molecule has 3 heterocycles. The van der Waals surface area contributed by atoms with Gasteiger partial charge in [0.25, 0.3) is 11.8 Å². The lowest BCUT2D eigenvalue weighted by Gasteiger charge is -2.24. The molecule has 20 heavy (non-hydrogen) atoms. The van der Waals surface area contributed by atoms with E-state index in [9.17, 15) is 9.59 Å². The molecule has 2 N–H and O–H groups in total. The first-order valence-corrected chi connectivity index (χ1v) is 7.00. The van der Waals surface area contributed by atoms with Gasteiger partial charge in [0.1, 0.15) is 5.69 Å². The van der Waals surface area contributed by atoms with E-state index in [0.717, 1.165) is 25.1 Å². The summed E-state index contributed by atoms with van der Waals surface area (Å²) in [5.41, 5.74) is 7.08. The number of amides is 2. The average molecular weight is 277 g/mol. The van der Waals surface area contributed by atoms with Gasteiger partial charge in [-0.05, 0) is 25.8 Å². The summed E-state index contributed by atoms with van der Waals surface area (Å²) < 4.78 is 7.26. The van der Waals surface area contributed by atoms with Crippen LogP contribution in [-0.4, -0.2) is 40.5 Å². The normalized spacial score (nSPS) is 21.9. The average Bonchev–Trinajstić information content (AvgIpc) is 3.01. The molecule has 2 aliphatic rings. The van der Waals surface area contributed by atoms with Crippen LogP contribution < -0.4 is 5.73 Å². The molecule has 6 nitrogen and oxygen atoms in total. The van der Waals surface area contributed by atoms with Crippen molar-refractivity contribution in [1.29, 1.82) is 0 Å². The highest BCUT2D eigenvalue weighted by Crippen LogP contribution is 2.25. The van der Waals surface area contributed by atoms with Crippen molar-refractivity contribution >= 4 is 11.8 Å². The van der Waals surface area contributed by atoms with Gasteiger partial charge in [-0.25, -0.2) is 0 Å². The van der Waals surface area contributed by atoms with E-state index in [0.29, 0.717) is 31.0 Å². The molecule has 1 saturated heterocycles. The Morgan fingerprint density at radius 1 is 1.40 bits per heavy atom. The molecule has 1 fully saturated rings. The van der Waals surface area contributed by atoms with Gasteiger partial charge in [-0.2, -0.15) is 0 Å². The number of rotatable bonds is 2. The molecule has 1 aromatic rings. The molecule has 108 valence electrons.